The Balaban J connectivity index is 1.96. The number of halogens is 1. The summed E-state index contributed by atoms with van der Waals surface area (Å²) >= 11 is 5.90. The third-order valence-corrected chi connectivity index (χ3v) is 3.51. The van der Waals surface area contributed by atoms with Gasteiger partial charge in [-0.2, -0.15) is 0 Å². The van der Waals surface area contributed by atoms with Crippen LogP contribution in [0, 0.1) is 0 Å². The summed E-state index contributed by atoms with van der Waals surface area (Å²) < 4.78 is 0. The van der Waals surface area contributed by atoms with Crippen LogP contribution < -0.4 is 22.5 Å². The molecule has 0 saturated carbocycles. The highest BCUT2D eigenvalue weighted by Gasteiger charge is 2.13. The molecule has 7 heteroatoms. The molecule has 2 rings (SSSR count). The maximum absolute atomic E-state index is 12.1. The van der Waals surface area contributed by atoms with Gasteiger partial charge >= 0.3 is 0 Å². The van der Waals surface area contributed by atoms with Gasteiger partial charge in [0.05, 0.1) is 16.3 Å². The van der Waals surface area contributed by atoms with E-state index >= 15 is 0 Å². The summed E-state index contributed by atoms with van der Waals surface area (Å²) in [5, 5.41) is 2.73. The molecule has 7 N–H and O–H groups in total. The van der Waals surface area contributed by atoms with E-state index in [0.717, 1.165) is 12.0 Å². The summed E-state index contributed by atoms with van der Waals surface area (Å²) in [5.74, 6) is -0.455. The lowest BCUT2D eigenvalue weighted by molar-refractivity contribution is 0.0977. The molecular weight excluding hydrogens is 314 g/mol. The molecule has 23 heavy (non-hydrogen) atoms. The number of amides is 1. The van der Waals surface area contributed by atoms with E-state index in [1.54, 1.807) is 0 Å². The number of benzene rings is 2. The van der Waals surface area contributed by atoms with Gasteiger partial charge in [-0.3, -0.25) is 15.1 Å². The minimum Gasteiger partial charge on any atom is -0.398 e. The van der Waals surface area contributed by atoms with E-state index in [-0.39, 0.29) is 22.2 Å². The van der Waals surface area contributed by atoms with E-state index in [0.29, 0.717) is 12.2 Å². The number of nitrogens with zero attached hydrogens (tertiary/aromatic N) is 1. The van der Waals surface area contributed by atoms with Gasteiger partial charge in [0.15, 0.2) is 5.96 Å². The summed E-state index contributed by atoms with van der Waals surface area (Å²) in [7, 11) is 0. The first-order chi connectivity index (χ1) is 11.0. The summed E-state index contributed by atoms with van der Waals surface area (Å²) in [4.78, 5) is 16.2. The van der Waals surface area contributed by atoms with Crippen LogP contribution in [0.25, 0.3) is 0 Å². The highest BCUT2D eigenvalue weighted by Crippen LogP contribution is 2.25. The van der Waals surface area contributed by atoms with E-state index < -0.39 is 5.91 Å². The van der Waals surface area contributed by atoms with Crippen molar-refractivity contribution < 1.29 is 4.79 Å². The second-order valence-corrected chi connectivity index (χ2v) is 5.32. The van der Waals surface area contributed by atoms with Gasteiger partial charge in [-0.1, -0.05) is 41.9 Å². The average molecular weight is 332 g/mol. The minimum absolute atomic E-state index is 0.0262. The number of nitrogen functional groups attached to an aromatic ring is 2. The molecule has 2 aromatic rings. The van der Waals surface area contributed by atoms with Gasteiger partial charge in [0, 0.05) is 12.2 Å². The van der Waals surface area contributed by atoms with Gasteiger partial charge in [0.2, 0.25) is 0 Å². The van der Waals surface area contributed by atoms with Crippen molar-refractivity contribution in [2.24, 2.45) is 10.7 Å². The molecule has 0 bridgehead atoms. The fourth-order valence-electron chi connectivity index (χ4n) is 1.98. The first kappa shape index (κ1) is 16.6. The number of aliphatic imine (C=N–C) groups is 1. The number of carbonyl (C=O) groups excluding carboxylic acids is 1. The van der Waals surface area contributed by atoms with Crippen molar-refractivity contribution in [2.75, 3.05) is 18.0 Å². The number of nitrogens with one attached hydrogen (secondary N) is 1. The standard InChI is InChI=1S/C16H18ClN5O/c17-12-8-11(13(18)9-14(12)19)15(23)22-16(20)21-7-6-10-4-2-1-3-5-10/h1-5,8-9H,6-7,18-19H2,(H3,20,21,22,23). The van der Waals surface area contributed by atoms with Crippen molar-refractivity contribution in [1.29, 1.82) is 0 Å². The largest absolute Gasteiger partial charge is 0.398 e. The highest BCUT2D eigenvalue weighted by molar-refractivity contribution is 6.33. The second-order valence-electron chi connectivity index (χ2n) is 4.92. The molecule has 0 aromatic heterocycles. The number of hydrogen-bond acceptors (Lipinski definition) is 4. The van der Waals surface area contributed by atoms with Gasteiger partial charge in [0.25, 0.3) is 5.91 Å². The lowest BCUT2D eigenvalue weighted by Gasteiger charge is -2.09. The predicted molar refractivity (Wildman–Crippen MR) is 94.4 cm³/mol. The van der Waals surface area contributed by atoms with Crippen molar-refractivity contribution in [3.8, 4) is 0 Å². The molecule has 0 aliphatic rings. The zero-order chi connectivity index (χ0) is 16.8. The molecule has 0 aliphatic carbocycles. The fraction of sp³-hybridized carbons (Fsp3) is 0.125. The quantitative estimate of drug-likeness (QED) is 0.388. The third kappa shape index (κ3) is 4.62. The Hall–Kier alpha value is -2.73. The predicted octanol–water partition coefficient (Wildman–Crippen LogP) is 1.79. The number of nitrogens with two attached hydrogens (primary N) is 3. The summed E-state index contributed by atoms with van der Waals surface area (Å²) in [6.07, 6.45) is 0.729. The second kappa shape index (κ2) is 7.51. The van der Waals surface area contributed by atoms with E-state index in [1.165, 1.54) is 12.1 Å². The Bertz CT molecular complexity index is 731. The van der Waals surface area contributed by atoms with Crippen LogP contribution in [0.2, 0.25) is 5.02 Å². The topological polar surface area (TPSA) is 120 Å². The molecule has 0 heterocycles. The molecule has 6 nitrogen and oxygen atoms in total. The first-order valence-electron chi connectivity index (χ1n) is 6.97. The molecule has 0 saturated heterocycles. The number of hydrogen-bond donors (Lipinski definition) is 4. The molecule has 0 fully saturated rings. The van der Waals surface area contributed by atoms with Crippen molar-refractivity contribution in [3.63, 3.8) is 0 Å². The molecular formula is C16H18ClN5O. The lowest BCUT2D eigenvalue weighted by atomic mass is 10.1. The van der Waals surface area contributed by atoms with Gasteiger partial charge in [-0.05, 0) is 24.1 Å². The van der Waals surface area contributed by atoms with E-state index in [2.05, 4.69) is 10.3 Å². The van der Waals surface area contributed by atoms with Gasteiger partial charge in [-0.25, -0.2) is 0 Å². The summed E-state index contributed by atoms with van der Waals surface area (Å²) in [6.45, 7) is 0.466. The number of rotatable bonds is 4. The van der Waals surface area contributed by atoms with Crippen LogP contribution >= 0.6 is 11.6 Å². The normalized spacial score (nSPS) is 11.3. The van der Waals surface area contributed by atoms with Crippen LogP contribution in [0.1, 0.15) is 15.9 Å². The molecule has 1 amide bonds. The molecule has 0 spiro atoms. The average Bonchev–Trinajstić information content (AvgIpc) is 2.51. The Morgan fingerprint density at radius 1 is 1.13 bits per heavy atom. The highest BCUT2D eigenvalue weighted by atomic mass is 35.5. The zero-order valence-electron chi connectivity index (χ0n) is 12.4. The Morgan fingerprint density at radius 2 is 1.83 bits per heavy atom. The SMILES string of the molecule is NC(=NCCc1ccccc1)NC(=O)c1cc(Cl)c(N)cc1N. The number of carbonyl (C=O) groups is 1. The summed E-state index contributed by atoms with van der Waals surface area (Å²) in [6, 6.07) is 12.7. The van der Waals surface area contributed by atoms with Crippen LogP contribution in [-0.4, -0.2) is 18.4 Å². The molecule has 0 aliphatic heterocycles. The maximum atomic E-state index is 12.1. The Kier molecular flexibility index (Phi) is 5.43. The van der Waals surface area contributed by atoms with E-state index in [1.807, 2.05) is 30.3 Å². The summed E-state index contributed by atoms with van der Waals surface area (Å²) in [5.41, 5.74) is 19.0. The smallest absolute Gasteiger partial charge is 0.260 e. The Labute approximate surface area is 139 Å². The van der Waals surface area contributed by atoms with Crippen LogP contribution in [0.4, 0.5) is 11.4 Å². The van der Waals surface area contributed by atoms with Crippen molar-refractivity contribution >= 4 is 34.8 Å². The number of anilines is 2. The van der Waals surface area contributed by atoms with Crippen molar-refractivity contribution in [2.45, 2.75) is 6.42 Å². The van der Waals surface area contributed by atoms with E-state index in [9.17, 15) is 4.79 Å². The molecule has 2 aromatic carbocycles. The fourth-order valence-corrected chi connectivity index (χ4v) is 2.14. The van der Waals surface area contributed by atoms with Crippen LogP contribution in [-0.2, 0) is 6.42 Å². The van der Waals surface area contributed by atoms with Gasteiger partial charge in [0.1, 0.15) is 0 Å². The van der Waals surface area contributed by atoms with Gasteiger partial charge < -0.3 is 17.2 Å². The number of guanidine groups is 1. The Morgan fingerprint density at radius 3 is 2.52 bits per heavy atom. The lowest BCUT2D eigenvalue weighted by Crippen LogP contribution is -2.37. The van der Waals surface area contributed by atoms with Crippen LogP contribution in [0.15, 0.2) is 47.5 Å². The first-order valence-corrected chi connectivity index (χ1v) is 7.35. The third-order valence-electron chi connectivity index (χ3n) is 3.18. The van der Waals surface area contributed by atoms with Crippen LogP contribution in [0.3, 0.4) is 0 Å². The zero-order valence-corrected chi connectivity index (χ0v) is 13.2. The minimum atomic E-state index is -0.481. The van der Waals surface area contributed by atoms with Crippen molar-refractivity contribution in [3.05, 3.63) is 58.6 Å². The molecule has 0 unspecified atom stereocenters. The van der Waals surface area contributed by atoms with Gasteiger partial charge in [-0.15, -0.1) is 0 Å². The molecule has 120 valence electrons. The van der Waals surface area contributed by atoms with Crippen LogP contribution in [0.5, 0.6) is 0 Å². The van der Waals surface area contributed by atoms with E-state index in [4.69, 9.17) is 28.8 Å². The maximum Gasteiger partial charge on any atom is 0.260 e. The molecule has 0 atom stereocenters. The monoisotopic (exact) mass is 331 g/mol. The van der Waals surface area contributed by atoms with Crippen molar-refractivity contribution in [1.82, 2.24) is 5.32 Å². The molecule has 0 radical (unpaired) electrons.